The quantitative estimate of drug-likeness (QED) is 0.353. The average molecular weight is 384 g/mol. The van der Waals surface area contributed by atoms with Gasteiger partial charge in [-0.15, -0.1) is 0 Å². The fourth-order valence-corrected chi connectivity index (χ4v) is 3.11. The van der Waals surface area contributed by atoms with Gasteiger partial charge in [0.05, 0.1) is 0 Å². The summed E-state index contributed by atoms with van der Waals surface area (Å²) < 4.78 is 6.24. The van der Waals surface area contributed by atoms with Crippen LogP contribution in [0.3, 0.4) is 0 Å². The van der Waals surface area contributed by atoms with Gasteiger partial charge in [0.25, 0.3) is 0 Å². The third-order valence-electron chi connectivity index (χ3n) is 4.59. The van der Waals surface area contributed by atoms with Gasteiger partial charge in [0.15, 0.2) is 0 Å². The first-order valence-electron chi connectivity index (χ1n) is 9.05. The molecule has 29 heavy (non-hydrogen) atoms. The maximum Gasteiger partial charge on any atom is 0.135 e. The number of phenols is 2. The van der Waals surface area contributed by atoms with Crippen LogP contribution in [0.4, 0.5) is 11.4 Å². The second-order valence-corrected chi connectivity index (χ2v) is 6.71. The van der Waals surface area contributed by atoms with Gasteiger partial charge in [-0.25, -0.2) is 0 Å². The first-order valence-corrected chi connectivity index (χ1v) is 9.05. The van der Waals surface area contributed by atoms with Gasteiger partial charge in [0.2, 0.25) is 0 Å². The van der Waals surface area contributed by atoms with E-state index in [0.717, 1.165) is 22.3 Å². The molecule has 0 saturated carbocycles. The number of hydrogen-bond acceptors (Lipinski definition) is 5. The van der Waals surface area contributed by atoms with Crippen LogP contribution in [-0.4, -0.2) is 10.2 Å². The van der Waals surface area contributed by atoms with Gasteiger partial charge in [-0.05, 0) is 71.8 Å². The Morgan fingerprint density at radius 1 is 0.517 bits per heavy atom. The SMILES string of the molecule is Nc1ccc(-c2cc(O)ccc2Oc2ccc(O)cc2-c2ccc(N)cc2)cc1. The smallest absolute Gasteiger partial charge is 0.135 e. The predicted octanol–water partition coefficient (Wildman–Crippen LogP) is 5.39. The monoisotopic (exact) mass is 384 g/mol. The van der Waals surface area contributed by atoms with Crippen LogP contribution in [0.15, 0.2) is 84.9 Å². The molecule has 0 aliphatic carbocycles. The minimum atomic E-state index is 0.133. The van der Waals surface area contributed by atoms with Crippen molar-refractivity contribution in [3.63, 3.8) is 0 Å². The molecule has 4 rings (SSSR count). The molecule has 0 spiro atoms. The van der Waals surface area contributed by atoms with Crippen molar-refractivity contribution in [1.82, 2.24) is 0 Å². The van der Waals surface area contributed by atoms with Gasteiger partial charge in [0, 0.05) is 22.5 Å². The first-order chi connectivity index (χ1) is 14.0. The van der Waals surface area contributed by atoms with Gasteiger partial charge in [0.1, 0.15) is 23.0 Å². The summed E-state index contributed by atoms with van der Waals surface area (Å²) in [5.41, 5.74) is 16.1. The van der Waals surface area contributed by atoms with E-state index < -0.39 is 0 Å². The molecule has 0 heterocycles. The third-order valence-corrected chi connectivity index (χ3v) is 4.59. The third kappa shape index (κ3) is 3.94. The number of nitrogens with two attached hydrogens (primary N) is 2. The summed E-state index contributed by atoms with van der Waals surface area (Å²) in [4.78, 5) is 0. The highest BCUT2D eigenvalue weighted by atomic mass is 16.5. The number of benzene rings is 4. The summed E-state index contributed by atoms with van der Waals surface area (Å²) in [6.45, 7) is 0. The molecule has 5 heteroatoms. The molecule has 4 aromatic rings. The Kier molecular flexibility index (Phi) is 4.71. The molecule has 0 aromatic heterocycles. The Labute approximate surface area is 168 Å². The lowest BCUT2D eigenvalue weighted by Crippen LogP contribution is -1.92. The molecule has 144 valence electrons. The lowest BCUT2D eigenvalue weighted by molar-refractivity contribution is 0.461. The Morgan fingerprint density at radius 3 is 1.28 bits per heavy atom. The van der Waals surface area contributed by atoms with Crippen LogP contribution in [-0.2, 0) is 0 Å². The van der Waals surface area contributed by atoms with Crippen molar-refractivity contribution in [1.29, 1.82) is 0 Å². The fourth-order valence-electron chi connectivity index (χ4n) is 3.11. The van der Waals surface area contributed by atoms with Crippen LogP contribution in [0.1, 0.15) is 0 Å². The van der Waals surface area contributed by atoms with Crippen molar-refractivity contribution < 1.29 is 14.9 Å². The van der Waals surface area contributed by atoms with E-state index in [-0.39, 0.29) is 11.5 Å². The molecule has 0 fully saturated rings. The van der Waals surface area contributed by atoms with E-state index in [1.807, 2.05) is 24.3 Å². The van der Waals surface area contributed by atoms with E-state index in [1.165, 1.54) is 0 Å². The van der Waals surface area contributed by atoms with Gasteiger partial charge in [-0.1, -0.05) is 24.3 Å². The van der Waals surface area contributed by atoms with Crippen molar-refractivity contribution in [2.24, 2.45) is 0 Å². The summed E-state index contributed by atoms with van der Waals surface area (Å²) in [6, 6.07) is 24.5. The van der Waals surface area contributed by atoms with Crippen LogP contribution < -0.4 is 16.2 Å². The zero-order chi connectivity index (χ0) is 20.4. The number of nitrogen functional groups attached to an aromatic ring is 2. The molecule has 4 aromatic carbocycles. The molecule has 0 radical (unpaired) electrons. The zero-order valence-corrected chi connectivity index (χ0v) is 15.5. The molecule has 0 aliphatic rings. The zero-order valence-electron chi connectivity index (χ0n) is 15.5. The Balaban J connectivity index is 1.79. The van der Waals surface area contributed by atoms with Gasteiger partial charge < -0.3 is 26.4 Å². The summed E-state index contributed by atoms with van der Waals surface area (Å²) in [6.07, 6.45) is 0. The highest BCUT2D eigenvalue weighted by Crippen LogP contribution is 2.40. The molecule has 0 amide bonds. The van der Waals surface area contributed by atoms with Crippen molar-refractivity contribution in [2.45, 2.75) is 0 Å². The minimum absolute atomic E-state index is 0.133. The molecule has 0 bridgehead atoms. The summed E-state index contributed by atoms with van der Waals surface area (Å²) in [5.74, 6) is 1.40. The molecule has 6 N–H and O–H groups in total. The maximum absolute atomic E-state index is 9.99. The fraction of sp³-hybridized carbons (Fsp3) is 0. The molecule has 0 atom stereocenters. The van der Waals surface area contributed by atoms with Gasteiger partial charge in [-0.2, -0.15) is 0 Å². The number of hydrogen-bond donors (Lipinski definition) is 4. The van der Waals surface area contributed by atoms with E-state index in [1.54, 1.807) is 60.7 Å². The molecule has 0 saturated heterocycles. The van der Waals surface area contributed by atoms with Gasteiger partial charge >= 0.3 is 0 Å². The molecular weight excluding hydrogens is 364 g/mol. The second-order valence-electron chi connectivity index (χ2n) is 6.71. The predicted molar refractivity (Wildman–Crippen MR) is 116 cm³/mol. The highest BCUT2D eigenvalue weighted by Gasteiger charge is 2.13. The van der Waals surface area contributed by atoms with Crippen LogP contribution in [0, 0.1) is 0 Å². The topological polar surface area (TPSA) is 102 Å². The van der Waals surface area contributed by atoms with E-state index in [2.05, 4.69) is 0 Å². The summed E-state index contributed by atoms with van der Waals surface area (Å²) in [5, 5.41) is 20.0. The number of phenolic OH excluding ortho intramolecular Hbond substituents is 2. The van der Waals surface area contributed by atoms with E-state index in [0.29, 0.717) is 22.9 Å². The average Bonchev–Trinajstić information content (AvgIpc) is 2.72. The van der Waals surface area contributed by atoms with Crippen molar-refractivity contribution in [3.05, 3.63) is 84.9 Å². The molecule has 0 unspecified atom stereocenters. The van der Waals surface area contributed by atoms with Crippen molar-refractivity contribution in [3.8, 4) is 45.3 Å². The molecular formula is C24H20N2O3. The second kappa shape index (κ2) is 7.48. The minimum Gasteiger partial charge on any atom is -0.508 e. The Morgan fingerprint density at radius 2 is 0.897 bits per heavy atom. The Bertz CT molecular complexity index is 1060. The first kappa shape index (κ1) is 18.3. The number of aromatic hydroxyl groups is 2. The van der Waals surface area contributed by atoms with Crippen LogP contribution in [0.5, 0.6) is 23.0 Å². The van der Waals surface area contributed by atoms with E-state index >= 15 is 0 Å². The van der Waals surface area contributed by atoms with E-state index in [4.69, 9.17) is 16.2 Å². The van der Waals surface area contributed by atoms with Gasteiger partial charge in [-0.3, -0.25) is 0 Å². The lowest BCUT2D eigenvalue weighted by Gasteiger charge is -2.16. The lowest BCUT2D eigenvalue weighted by atomic mass is 10.0. The van der Waals surface area contributed by atoms with Crippen molar-refractivity contribution >= 4 is 11.4 Å². The summed E-state index contributed by atoms with van der Waals surface area (Å²) >= 11 is 0. The van der Waals surface area contributed by atoms with Crippen LogP contribution in [0.25, 0.3) is 22.3 Å². The highest BCUT2D eigenvalue weighted by molar-refractivity contribution is 5.77. The van der Waals surface area contributed by atoms with Crippen molar-refractivity contribution in [2.75, 3.05) is 11.5 Å². The summed E-state index contributed by atoms with van der Waals surface area (Å²) in [7, 11) is 0. The molecule has 0 aliphatic heterocycles. The normalized spacial score (nSPS) is 10.6. The standard InChI is InChI=1S/C24H20N2O3/c25-17-5-1-15(2-6-17)21-13-19(27)9-11-23(21)29-24-12-10-20(28)14-22(24)16-3-7-18(26)8-4-16/h1-14,27-28H,25-26H2. The number of anilines is 2. The maximum atomic E-state index is 9.99. The van der Waals surface area contributed by atoms with E-state index in [9.17, 15) is 10.2 Å². The number of ether oxygens (including phenoxy) is 1. The molecule has 5 nitrogen and oxygen atoms in total. The largest absolute Gasteiger partial charge is 0.508 e. The number of rotatable bonds is 4. The van der Waals surface area contributed by atoms with Crippen LogP contribution in [0.2, 0.25) is 0 Å². The Hall–Kier alpha value is -4.12. The van der Waals surface area contributed by atoms with Crippen LogP contribution >= 0.6 is 0 Å².